The van der Waals surface area contributed by atoms with Crippen LogP contribution >= 0.6 is 0 Å². The normalized spacial score (nSPS) is 11.6. The van der Waals surface area contributed by atoms with E-state index in [0.717, 1.165) is 5.57 Å². The minimum atomic E-state index is -0.358. The highest BCUT2D eigenvalue weighted by Crippen LogP contribution is 2.19. The summed E-state index contributed by atoms with van der Waals surface area (Å²) in [5.74, 6) is -0.358. The maximum atomic E-state index is 11.8. The van der Waals surface area contributed by atoms with E-state index in [9.17, 15) is 4.79 Å². The van der Waals surface area contributed by atoms with Crippen LogP contribution < -0.4 is 0 Å². The predicted molar refractivity (Wildman–Crippen MR) is 78.8 cm³/mol. The highest BCUT2D eigenvalue weighted by molar-refractivity contribution is 5.90. The summed E-state index contributed by atoms with van der Waals surface area (Å²) >= 11 is 0. The fraction of sp³-hybridized carbons (Fsp3) is 0.188. The first-order valence-corrected chi connectivity index (χ1v) is 6.15. The molecule has 0 aliphatic rings. The van der Waals surface area contributed by atoms with Crippen molar-refractivity contribution in [2.75, 3.05) is 6.61 Å². The number of carbonyl (C=O) groups excluding carboxylic acids is 1. The number of aromatic nitrogens is 1. The molecule has 0 aliphatic heterocycles. The van der Waals surface area contributed by atoms with Crippen molar-refractivity contribution in [3.63, 3.8) is 0 Å². The summed E-state index contributed by atoms with van der Waals surface area (Å²) < 4.78 is 6.71. The van der Waals surface area contributed by atoms with E-state index in [1.54, 1.807) is 35.9 Å². The molecule has 1 aromatic heterocycles. The van der Waals surface area contributed by atoms with Gasteiger partial charge < -0.3 is 9.30 Å². The maximum absolute atomic E-state index is 11.8. The van der Waals surface area contributed by atoms with Gasteiger partial charge in [0.05, 0.1) is 6.61 Å². The minimum Gasteiger partial charge on any atom is -0.461 e. The molecule has 0 saturated heterocycles. The SMILES string of the molecule is C=C/C(=C\C=C/C)C(=C)n1cccc1C(=O)OCC. The van der Waals surface area contributed by atoms with E-state index in [1.165, 1.54) is 0 Å². The second-order valence-electron chi connectivity index (χ2n) is 3.78. The average Bonchev–Trinajstić information content (AvgIpc) is 2.88. The summed E-state index contributed by atoms with van der Waals surface area (Å²) in [7, 11) is 0. The zero-order valence-electron chi connectivity index (χ0n) is 11.4. The second-order valence-corrected chi connectivity index (χ2v) is 3.78. The number of nitrogens with zero attached hydrogens (tertiary/aromatic N) is 1. The molecule has 0 aliphatic carbocycles. The first kappa shape index (κ1) is 14.8. The predicted octanol–water partition coefficient (Wildman–Crippen LogP) is 3.82. The quantitative estimate of drug-likeness (QED) is 0.573. The summed E-state index contributed by atoms with van der Waals surface area (Å²) in [6.07, 6.45) is 9.19. The van der Waals surface area contributed by atoms with Gasteiger partial charge in [0.15, 0.2) is 0 Å². The van der Waals surface area contributed by atoms with E-state index in [2.05, 4.69) is 13.2 Å². The molecule has 0 fully saturated rings. The summed E-state index contributed by atoms with van der Waals surface area (Å²) in [6, 6.07) is 3.49. The number of hydrogen-bond acceptors (Lipinski definition) is 2. The van der Waals surface area contributed by atoms with Crippen molar-refractivity contribution in [1.82, 2.24) is 4.57 Å². The number of ether oxygens (including phenoxy) is 1. The Hall–Kier alpha value is -2.29. The van der Waals surface area contributed by atoms with E-state index < -0.39 is 0 Å². The molecule has 1 aromatic rings. The molecule has 19 heavy (non-hydrogen) atoms. The molecule has 0 unspecified atom stereocenters. The zero-order chi connectivity index (χ0) is 14.3. The molecule has 0 amide bonds. The summed E-state index contributed by atoms with van der Waals surface area (Å²) in [6.45, 7) is 11.8. The maximum Gasteiger partial charge on any atom is 0.355 e. The molecule has 100 valence electrons. The molecule has 0 atom stereocenters. The third kappa shape index (κ3) is 3.58. The summed E-state index contributed by atoms with van der Waals surface area (Å²) in [5.41, 5.74) is 1.99. The lowest BCUT2D eigenvalue weighted by molar-refractivity contribution is 0.0517. The topological polar surface area (TPSA) is 31.2 Å². The van der Waals surface area contributed by atoms with Gasteiger partial charge in [-0.3, -0.25) is 0 Å². The fourth-order valence-electron chi connectivity index (χ4n) is 1.61. The molecule has 1 rings (SSSR count). The second kappa shape index (κ2) is 7.21. The lowest BCUT2D eigenvalue weighted by atomic mass is 10.1. The molecule has 0 N–H and O–H groups in total. The Kier molecular flexibility index (Phi) is 5.61. The van der Waals surface area contributed by atoms with Gasteiger partial charge in [-0.25, -0.2) is 4.79 Å². The third-order valence-corrected chi connectivity index (χ3v) is 2.55. The number of hydrogen-bond donors (Lipinski definition) is 0. The van der Waals surface area contributed by atoms with Gasteiger partial charge in [0, 0.05) is 11.9 Å². The van der Waals surface area contributed by atoms with Gasteiger partial charge in [-0.05, 0) is 31.6 Å². The van der Waals surface area contributed by atoms with Crippen LogP contribution in [-0.4, -0.2) is 17.1 Å². The lowest BCUT2D eigenvalue weighted by Crippen LogP contribution is -2.11. The van der Waals surface area contributed by atoms with E-state index in [-0.39, 0.29) is 5.97 Å². The van der Waals surface area contributed by atoms with Gasteiger partial charge in [0.25, 0.3) is 0 Å². The van der Waals surface area contributed by atoms with Crippen LogP contribution in [0.15, 0.2) is 61.4 Å². The van der Waals surface area contributed by atoms with Crippen molar-refractivity contribution in [3.05, 3.63) is 67.1 Å². The number of esters is 1. The zero-order valence-corrected chi connectivity index (χ0v) is 11.4. The Balaban J connectivity index is 3.10. The van der Waals surface area contributed by atoms with Gasteiger partial charge in [-0.2, -0.15) is 0 Å². The molecule has 0 aromatic carbocycles. The largest absolute Gasteiger partial charge is 0.461 e. The Morgan fingerprint density at radius 1 is 1.53 bits per heavy atom. The van der Waals surface area contributed by atoms with Crippen molar-refractivity contribution in [1.29, 1.82) is 0 Å². The van der Waals surface area contributed by atoms with Crippen molar-refractivity contribution in [3.8, 4) is 0 Å². The Morgan fingerprint density at radius 2 is 2.26 bits per heavy atom. The van der Waals surface area contributed by atoms with Crippen molar-refractivity contribution in [2.45, 2.75) is 13.8 Å². The van der Waals surface area contributed by atoms with E-state index in [1.807, 2.05) is 25.2 Å². The van der Waals surface area contributed by atoms with E-state index >= 15 is 0 Å². The summed E-state index contributed by atoms with van der Waals surface area (Å²) in [4.78, 5) is 11.8. The average molecular weight is 257 g/mol. The van der Waals surface area contributed by atoms with Crippen LogP contribution in [0, 0.1) is 0 Å². The van der Waals surface area contributed by atoms with Crippen LogP contribution in [0.4, 0.5) is 0 Å². The number of rotatable bonds is 6. The van der Waals surface area contributed by atoms with Crippen LogP contribution in [0.2, 0.25) is 0 Å². The Morgan fingerprint density at radius 3 is 2.84 bits per heavy atom. The lowest BCUT2D eigenvalue weighted by Gasteiger charge is -2.12. The van der Waals surface area contributed by atoms with Crippen LogP contribution in [0.5, 0.6) is 0 Å². The van der Waals surface area contributed by atoms with Gasteiger partial charge >= 0.3 is 5.97 Å². The molecule has 1 heterocycles. The third-order valence-electron chi connectivity index (χ3n) is 2.55. The summed E-state index contributed by atoms with van der Waals surface area (Å²) in [5, 5.41) is 0. The Bertz CT molecular complexity index is 533. The molecular weight excluding hydrogens is 238 g/mol. The number of carbonyl (C=O) groups is 1. The van der Waals surface area contributed by atoms with Crippen molar-refractivity contribution >= 4 is 11.7 Å². The minimum absolute atomic E-state index is 0.346. The molecule has 0 spiro atoms. The fourth-order valence-corrected chi connectivity index (χ4v) is 1.61. The molecule has 3 nitrogen and oxygen atoms in total. The van der Waals surface area contributed by atoms with Crippen molar-refractivity contribution in [2.24, 2.45) is 0 Å². The highest BCUT2D eigenvalue weighted by atomic mass is 16.5. The number of allylic oxidation sites excluding steroid dienone is 6. The molecular formula is C16H19NO2. The van der Waals surface area contributed by atoms with E-state index in [0.29, 0.717) is 18.0 Å². The molecule has 0 saturated carbocycles. The van der Waals surface area contributed by atoms with Gasteiger partial charge in [0.2, 0.25) is 0 Å². The van der Waals surface area contributed by atoms with Crippen molar-refractivity contribution < 1.29 is 9.53 Å². The van der Waals surface area contributed by atoms with Gasteiger partial charge in [-0.15, -0.1) is 0 Å². The smallest absolute Gasteiger partial charge is 0.355 e. The van der Waals surface area contributed by atoms with Crippen LogP contribution in [0.1, 0.15) is 24.3 Å². The Labute approximate surface area is 114 Å². The first-order chi connectivity index (χ1) is 9.15. The van der Waals surface area contributed by atoms with Crippen LogP contribution in [0.3, 0.4) is 0 Å². The highest BCUT2D eigenvalue weighted by Gasteiger charge is 2.14. The van der Waals surface area contributed by atoms with Gasteiger partial charge in [-0.1, -0.05) is 37.5 Å². The molecule has 3 heteroatoms. The first-order valence-electron chi connectivity index (χ1n) is 6.15. The standard InChI is InChI=1S/C16H19NO2/c1-5-8-10-14(6-2)13(4)17-12-9-11-15(17)16(18)19-7-3/h5-6,8-12H,2,4,7H2,1,3H3/b8-5-,14-10+. The molecule has 0 radical (unpaired) electrons. The van der Waals surface area contributed by atoms with Crippen LogP contribution in [-0.2, 0) is 4.74 Å². The molecule has 0 bridgehead atoms. The van der Waals surface area contributed by atoms with E-state index in [4.69, 9.17) is 4.74 Å². The van der Waals surface area contributed by atoms with Crippen LogP contribution in [0.25, 0.3) is 5.70 Å². The van der Waals surface area contributed by atoms with Gasteiger partial charge in [0.1, 0.15) is 5.69 Å². The monoisotopic (exact) mass is 257 g/mol.